The molecule has 0 unspecified atom stereocenters. The molecular weight excluding hydrogens is 238 g/mol. The molecule has 6 heteroatoms. The van der Waals surface area contributed by atoms with Crippen molar-refractivity contribution < 1.29 is 4.92 Å². The first kappa shape index (κ1) is 11.8. The maximum atomic E-state index is 10.2. The topological polar surface area (TPSA) is 82.0 Å². The highest BCUT2D eigenvalue weighted by Crippen LogP contribution is 2.21. The van der Waals surface area contributed by atoms with Crippen molar-refractivity contribution in [3.63, 3.8) is 0 Å². The molecule has 0 aliphatic carbocycles. The number of nitro groups is 1. The third-order valence-electron chi connectivity index (χ3n) is 1.07. The molecular formula is C7H10BrN3O2. The molecule has 0 saturated heterocycles. The average Bonchev–Trinajstić information content (AvgIpc) is 2.13. The fourth-order valence-corrected chi connectivity index (χ4v) is 0.875. The van der Waals surface area contributed by atoms with Gasteiger partial charge in [0.05, 0.1) is 9.40 Å². The maximum absolute atomic E-state index is 10.2. The monoisotopic (exact) mass is 247 g/mol. The molecule has 13 heavy (non-hydrogen) atoms. The van der Waals surface area contributed by atoms with Crippen LogP contribution >= 0.6 is 15.9 Å². The highest BCUT2D eigenvalue weighted by atomic mass is 79.9. The van der Waals surface area contributed by atoms with Crippen molar-refractivity contribution in [3.05, 3.63) is 26.9 Å². The lowest BCUT2D eigenvalue weighted by Gasteiger charge is -1.94. The molecule has 1 aromatic heterocycles. The summed E-state index contributed by atoms with van der Waals surface area (Å²) in [6, 6.07) is 1.31. The van der Waals surface area contributed by atoms with Gasteiger partial charge < -0.3 is 5.73 Å². The minimum atomic E-state index is -0.531. The van der Waals surface area contributed by atoms with Gasteiger partial charge in [-0.1, -0.05) is 13.8 Å². The number of anilines is 1. The van der Waals surface area contributed by atoms with Crippen LogP contribution in [0.2, 0.25) is 0 Å². The lowest BCUT2D eigenvalue weighted by Crippen LogP contribution is -1.94. The van der Waals surface area contributed by atoms with E-state index >= 15 is 0 Å². The van der Waals surface area contributed by atoms with E-state index in [0.717, 1.165) is 6.20 Å². The Bertz CT molecular complexity index is 304. The molecule has 0 spiro atoms. The number of nitrogen functional groups attached to an aromatic ring is 1. The Morgan fingerprint density at radius 2 is 2.15 bits per heavy atom. The Hall–Kier alpha value is -1.17. The minimum absolute atomic E-state index is 0.0777. The first-order valence-corrected chi connectivity index (χ1v) is 4.46. The quantitative estimate of drug-likeness (QED) is 0.610. The van der Waals surface area contributed by atoms with E-state index < -0.39 is 4.92 Å². The van der Waals surface area contributed by atoms with E-state index in [1.807, 2.05) is 13.8 Å². The van der Waals surface area contributed by atoms with Gasteiger partial charge in [0, 0.05) is 6.07 Å². The van der Waals surface area contributed by atoms with Crippen molar-refractivity contribution in [1.29, 1.82) is 0 Å². The smallest absolute Gasteiger partial charge is 0.288 e. The van der Waals surface area contributed by atoms with Gasteiger partial charge in [0.1, 0.15) is 12.0 Å². The number of halogens is 1. The van der Waals surface area contributed by atoms with Gasteiger partial charge in [-0.15, -0.1) is 0 Å². The lowest BCUT2D eigenvalue weighted by molar-refractivity contribution is -0.385. The summed E-state index contributed by atoms with van der Waals surface area (Å²) in [6.45, 7) is 4.00. The number of nitrogens with two attached hydrogens (primary N) is 1. The number of pyridine rings is 1. The van der Waals surface area contributed by atoms with Crippen molar-refractivity contribution in [2.75, 3.05) is 5.73 Å². The fraction of sp³-hybridized carbons (Fsp3) is 0.286. The number of hydrogen-bond donors (Lipinski definition) is 1. The Kier molecular flexibility index (Phi) is 4.98. The predicted octanol–water partition coefficient (Wildman–Crippen LogP) is 2.36. The Morgan fingerprint density at radius 1 is 1.62 bits per heavy atom. The van der Waals surface area contributed by atoms with Crippen molar-refractivity contribution in [3.8, 4) is 0 Å². The number of aromatic nitrogens is 1. The van der Waals surface area contributed by atoms with E-state index in [1.54, 1.807) is 0 Å². The van der Waals surface area contributed by atoms with Gasteiger partial charge in [-0.25, -0.2) is 4.98 Å². The summed E-state index contributed by atoms with van der Waals surface area (Å²) in [6.07, 6.45) is 1.11. The molecule has 0 amide bonds. The van der Waals surface area contributed by atoms with Crippen LogP contribution in [0.15, 0.2) is 16.7 Å². The second-order valence-corrected chi connectivity index (χ2v) is 2.67. The largest absolute Gasteiger partial charge is 0.383 e. The second kappa shape index (κ2) is 5.47. The van der Waals surface area contributed by atoms with Crippen molar-refractivity contribution >= 4 is 27.4 Å². The molecule has 1 rings (SSSR count). The van der Waals surface area contributed by atoms with E-state index in [4.69, 9.17) is 5.73 Å². The summed E-state index contributed by atoms with van der Waals surface area (Å²) in [5.74, 6) is 0.246. The highest BCUT2D eigenvalue weighted by Gasteiger charge is 2.07. The molecule has 0 atom stereocenters. The summed E-state index contributed by atoms with van der Waals surface area (Å²) in [5, 5.41) is 10.2. The Balaban J connectivity index is 0.000000671. The molecule has 0 aromatic carbocycles. The van der Waals surface area contributed by atoms with Crippen molar-refractivity contribution in [1.82, 2.24) is 4.98 Å². The van der Waals surface area contributed by atoms with Crippen LogP contribution in [0.25, 0.3) is 0 Å². The molecule has 0 bridgehead atoms. The van der Waals surface area contributed by atoms with Crippen molar-refractivity contribution in [2.24, 2.45) is 0 Å². The molecule has 0 fully saturated rings. The van der Waals surface area contributed by atoms with Gasteiger partial charge >= 0.3 is 0 Å². The third kappa shape index (κ3) is 3.37. The lowest BCUT2D eigenvalue weighted by atomic mass is 10.4. The molecule has 5 nitrogen and oxygen atoms in total. The summed E-state index contributed by atoms with van der Waals surface area (Å²) in [5.41, 5.74) is 5.23. The molecule has 0 aliphatic rings. The standard InChI is InChI=1S/C5H4BrN3O2.C2H6/c6-4-1-3(9(10)11)2-8-5(4)7;1-2/h1-2H,(H2,7,8);1-2H3. The third-order valence-corrected chi connectivity index (χ3v) is 1.70. The van der Waals surface area contributed by atoms with Crippen LogP contribution in [0.4, 0.5) is 11.5 Å². The van der Waals surface area contributed by atoms with Crippen LogP contribution in [0.3, 0.4) is 0 Å². The molecule has 0 aliphatic heterocycles. The van der Waals surface area contributed by atoms with Crippen molar-refractivity contribution in [2.45, 2.75) is 13.8 Å². The van der Waals surface area contributed by atoms with Crippen LogP contribution in [0, 0.1) is 10.1 Å². The second-order valence-electron chi connectivity index (χ2n) is 1.82. The Labute approximate surface area is 84.2 Å². The first-order valence-electron chi connectivity index (χ1n) is 3.66. The molecule has 1 aromatic rings. The van der Waals surface area contributed by atoms with Crippen LogP contribution in [-0.4, -0.2) is 9.91 Å². The predicted molar refractivity (Wildman–Crippen MR) is 54.4 cm³/mol. The first-order chi connectivity index (χ1) is 6.11. The van der Waals surface area contributed by atoms with E-state index in [2.05, 4.69) is 20.9 Å². The number of hydrogen-bond acceptors (Lipinski definition) is 4. The van der Waals surface area contributed by atoms with Crippen LogP contribution < -0.4 is 5.73 Å². The summed E-state index contributed by atoms with van der Waals surface area (Å²) in [4.78, 5) is 13.2. The zero-order valence-corrected chi connectivity index (χ0v) is 8.91. The normalized spacial score (nSPS) is 8.54. The molecule has 0 radical (unpaired) electrons. The molecule has 72 valence electrons. The van der Waals surface area contributed by atoms with E-state index in [9.17, 15) is 10.1 Å². The van der Waals surface area contributed by atoms with Gasteiger partial charge in [-0.3, -0.25) is 10.1 Å². The van der Waals surface area contributed by atoms with Gasteiger partial charge in [-0.05, 0) is 15.9 Å². The SMILES string of the molecule is CC.Nc1ncc([N+](=O)[O-])cc1Br. The summed E-state index contributed by atoms with van der Waals surface area (Å²) < 4.78 is 0.437. The maximum Gasteiger partial charge on any atom is 0.288 e. The van der Waals surface area contributed by atoms with Gasteiger partial charge in [-0.2, -0.15) is 0 Å². The number of nitrogens with zero attached hydrogens (tertiary/aromatic N) is 2. The van der Waals surface area contributed by atoms with Gasteiger partial charge in [0.2, 0.25) is 0 Å². The van der Waals surface area contributed by atoms with Gasteiger partial charge in [0.25, 0.3) is 5.69 Å². The molecule has 1 heterocycles. The van der Waals surface area contributed by atoms with E-state index in [0.29, 0.717) is 4.47 Å². The molecule has 0 saturated carbocycles. The summed E-state index contributed by atoms with van der Waals surface area (Å²) in [7, 11) is 0. The van der Waals surface area contributed by atoms with E-state index in [1.165, 1.54) is 6.07 Å². The summed E-state index contributed by atoms with van der Waals surface area (Å²) >= 11 is 3.02. The van der Waals surface area contributed by atoms with Crippen LogP contribution in [0.5, 0.6) is 0 Å². The van der Waals surface area contributed by atoms with Gasteiger partial charge in [0.15, 0.2) is 0 Å². The minimum Gasteiger partial charge on any atom is -0.383 e. The average molecular weight is 248 g/mol. The molecule has 2 N–H and O–H groups in total. The zero-order valence-electron chi connectivity index (χ0n) is 7.32. The highest BCUT2D eigenvalue weighted by molar-refractivity contribution is 9.10. The number of rotatable bonds is 1. The zero-order chi connectivity index (χ0) is 10.4. The van der Waals surface area contributed by atoms with E-state index in [-0.39, 0.29) is 11.5 Å². The Morgan fingerprint density at radius 3 is 2.54 bits per heavy atom. The fourth-order valence-electron chi connectivity index (χ4n) is 0.538. The van der Waals surface area contributed by atoms with Crippen LogP contribution in [-0.2, 0) is 0 Å². The van der Waals surface area contributed by atoms with Crippen LogP contribution in [0.1, 0.15) is 13.8 Å².